The van der Waals surface area contributed by atoms with Crippen LogP contribution in [0, 0.1) is 0 Å². The maximum absolute atomic E-state index is 12.5. The van der Waals surface area contributed by atoms with Gasteiger partial charge in [-0.25, -0.2) is 4.98 Å². The van der Waals surface area contributed by atoms with Crippen molar-refractivity contribution in [3.05, 3.63) is 22.8 Å². The first kappa shape index (κ1) is 15.3. The molecule has 0 aromatic carbocycles. The Morgan fingerprint density at radius 3 is 2.85 bits per heavy atom. The minimum absolute atomic E-state index is 0.0221. The summed E-state index contributed by atoms with van der Waals surface area (Å²) in [5.41, 5.74) is -0.852. The summed E-state index contributed by atoms with van der Waals surface area (Å²) in [6.07, 6.45) is -3.68. The third-order valence-corrected chi connectivity index (χ3v) is 3.27. The highest BCUT2D eigenvalue weighted by Crippen LogP contribution is 2.33. The first-order valence-electron chi connectivity index (χ1n) is 6.14. The molecule has 1 saturated heterocycles. The molecule has 1 aromatic rings. The van der Waals surface area contributed by atoms with Crippen molar-refractivity contribution in [2.45, 2.75) is 12.3 Å². The third-order valence-electron chi connectivity index (χ3n) is 2.99. The summed E-state index contributed by atoms with van der Waals surface area (Å²) in [6.45, 7) is 2.62. The van der Waals surface area contributed by atoms with Gasteiger partial charge in [0, 0.05) is 32.9 Å². The van der Waals surface area contributed by atoms with Crippen molar-refractivity contribution in [2.75, 3.05) is 38.2 Å². The molecule has 1 aliphatic rings. The normalized spacial score (nSPS) is 19.9. The average molecular weight is 310 g/mol. The molecule has 0 amide bonds. The molecule has 0 radical (unpaired) electrons. The van der Waals surface area contributed by atoms with E-state index in [4.69, 9.17) is 16.3 Å². The summed E-state index contributed by atoms with van der Waals surface area (Å²) < 4.78 is 43.1. The number of likely N-dealkylation sites (N-methyl/N-ethyl adjacent to an activating group) is 1. The largest absolute Gasteiger partial charge is 0.417 e. The molecule has 1 N–H and O–H groups in total. The molecule has 0 saturated carbocycles. The number of morpholine rings is 1. The quantitative estimate of drug-likeness (QED) is 0.928. The van der Waals surface area contributed by atoms with Crippen molar-refractivity contribution in [3.63, 3.8) is 0 Å². The summed E-state index contributed by atoms with van der Waals surface area (Å²) in [6, 6.07) is 0.889. The number of halogens is 4. The van der Waals surface area contributed by atoms with Crippen LogP contribution in [0.2, 0.25) is 5.02 Å². The molecule has 0 bridgehead atoms. The van der Waals surface area contributed by atoms with Gasteiger partial charge in [0.1, 0.15) is 5.82 Å². The van der Waals surface area contributed by atoms with Gasteiger partial charge >= 0.3 is 6.18 Å². The highest BCUT2D eigenvalue weighted by molar-refractivity contribution is 6.33. The van der Waals surface area contributed by atoms with E-state index in [1.807, 2.05) is 0 Å². The lowest BCUT2D eigenvalue weighted by molar-refractivity contribution is -0.137. The van der Waals surface area contributed by atoms with Gasteiger partial charge < -0.3 is 15.0 Å². The predicted molar refractivity (Wildman–Crippen MR) is 70.1 cm³/mol. The molecule has 4 nitrogen and oxygen atoms in total. The second-order valence-electron chi connectivity index (χ2n) is 4.60. The van der Waals surface area contributed by atoms with Gasteiger partial charge in [-0.15, -0.1) is 0 Å². The maximum Gasteiger partial charge on any atom is 0.417 e. The molecule has 1 fully saturated rings. The van der Waals surface area contributed by atoms with Gasteiger partial charge in [0.05, 0.1) is 23.3 Å². The second kappa shape index (κ2) is 6.15. The molecule has 1 aliphatic heterocycles. The SMILES string of the molecule is CN(CC1CNCCO1)c1ncc(C(F)(F)F)cc1Cl. The van der Waals surface area contributed by atoms with Crippen LogP contribution < -0.4 is 10.2 Å². The Kier molecular flexibility index (Phi) is 4.72. The fourth-order valence-electron chi connectivity index (χ4n) is 2.00. The molecule has 1 unspecified atom stereocenters. The van der Waals surface area contributed by atoms with Gasteiger partial charge in [-0.05, 0) is 6.07 Å². The number of hydrogen-bond donors (Lipinski definition) is 1. The van der Waals surface area contributed by atoms with Crippen LogP contribution in [-0.2, 0) is 10.9 Å². The zero-order valence-corrected chi connectivity index (χ0v) is 11.6. The Morgan fingerprint density at radius 1 is 1.55 bits per heavy atom. The van der Waals surface area contributed by atoms with Gasteiger partial charge in [0.25, 0.3) is 0 Å². The third kappa shape index (κ3) is 3.74. The fourth-order valence-corrected chi connectivity index (χ4v) is 2.31. The molecule has 1 aromatic heterocycles. The van der Waals surface area contributed by atoms with Gasteiger partial charge in [0.15, 0.2) is 0 Å². The lowest BCUT2D eigenvalue weighted by Gasteiger charge is -2.29. The monoisotopic (exact) mass is 309 g/mol. The predicted octanol–water partition coefficient (Wildman–Crippen LogP) is 2.18. The summed E-state index contributed by atoms with van der Waals surface area (Å²) in [4.78, 5) is 5.50. The molecule has 112 valence electrons. The molecule has 2 heterocycles. The summed E-state index contributed by atoms with van der Waals surface area (Å²) in [5.74, 6) is 0.314. The van der Waals surface area contributed by atoms with E-state index < -0.39 is 11.7 Å². The van der Waals surface area contributed by atoms with E-state index >= 15 is 0 Å². The first-order valence-corrected chi connectivity index (χ1v) is 6.52. The Bertz CT molecular complexity index is 464. The molecule has 1 atom stereocenters. The van der Waals surface area contributed by atoms with Crippen LogP contribution in [-0.4, -0.2) is 44.4 Å². The Morgan fingerprint density at radius 2 is 2.30 bits per heavy atom. The van der Waals surface area contributed by atoms with Crippen LogP contribution in [0.3, 0.4) is 0 Å². The van der Waals surface area contributed by atoms with E-state index in [0.717, 1.165) is 18.8 Å². The zero-order valence-electron chi connectivity index (χ0n) is 10.9. The van der Waals surface area contributed by atoms with E-state index in [2.05, 4.69) is 10.3 Å². The van der Waals surface area contributed by atoms with Crippen LogP contribution in [0.4, 0.5) is 19.0 Å². The van der Waals surface area contributed by atoms with Crippen molar-refractivity contribution in [3.8, 4) is 0 Å². The number of anilines is 1. The zero-order chi connectivity index (χ0) is 14.8. The number of alkyl halides is 3. The average Bonchev–Trinajstić information content (AvgIpc) is 2.38. The summed E-state index contributed by atoms with van der Waals surface area (Å²) in [7, 11) is 1.72. The van der Waals surface area contributed by atoms with Crippen molar-refractivity contribution in [1.29, 1.82) is 0 Å². The van der Waals surface area contributed by atoms with Gasteiger partial charge in [0.2, 0.25) is 0 Å². The van der Waals surface area contributed by atoms with Gasteiger partial charge in [-0.2, -0.15) is 13.2 Å². The minimum Gasteiger partial charge on any atom is -0.374 e. The van der Waals surface area contributed by atoms with Crippen LogP contribution in [0.25, 0.3) is 0 Å². The van der Waals surface area contributed by atoms with Crippen molar-refractivity contribution >= 4 is 17.4 Å². The van der Waals surface area contributed by atoms with Crippen molar-refractivity contribution in [2.24, 2.45) is 0 Å². The lowest BCUT2D eigenvalue weighted by Crippen LogP contribution is -2.44. The number of aromatic nitrogens is 1. The maximum atomic E-state index is 12.5. The standard InChI is InChI=1S/C12H15ClF3N3O/c1-19(7-9-6-17-2-3-20-9)11-10(13)4-8(5-18-11)12(14,15)16/h4-5,9,17H,2-3,6-7H2,1H3. The number of rotatable bonds is 3. The molecule has 2 rings (SSSR count). The van der Waals surface area contributed by atoms with Gasteiger partial charge in [-0.3, -0.25) is 0 Å². The van der Waals surface area contributed by atoms with E-state index in [1.54, 1.807) is 11.9 Å². The Balaban J connectivity index is 2.07. The van der Waals surface area contributed by atoms with Crippen LogP contribution in [0.1, 0.15) is 5.56 Å². The topological polar surface area (TPSA) is 37.4 Å². The molecule has 20 heavy (non-hydrogen) atoms. The van der Waals surface area contributed by atoms with E-state index in [1.165, 1.54) is 0 Å². The Hall–Kier alpha value is -1.05. The van der Waals surface area contributed by atoms with E-state index in [-0.39, 0.29) is 11.1 Å². The number of nitrogens with zero attached hydrogens (tertiary/aromatic N) is 2. The van der Waals surface area contributed by atoms with Gasteiger partial charge in [-0.1, -0.05) is 11.6 Å². The first-order chi connectivity index (χ1) is 9.38. The molecular weight excluding hydrogens is 295 g/mol. The van der Waals surface area contributed by atoms with Crippen molar-refractivity contribution in [1.82, 2.24) is 10.3 Å². The smallest absolute Gasteiger partial charge is 0.374 e. The molecule has 0 spiro atoms. The van der Waals surface area contributed by atoms with E-state index in [9.17, 15) is 13.2 Å². The fraction of sp³-hybridized carbons (Fsp3) is 0.583. The molecule has 0 aliphatic carbocycles. The highest BCUT2D eigenvalue weighted by atomic mass is 35.5. The highest BCUT2D eigenvalue weighted by Gasteiger charge is 2.32. The Labute approximate surface area is 119 Å². The van der Waals surface area contributed by atoms with Crippen LogP contribution in [0.15, 0.2) is 12.3 Å². The summed E-state index contributed by atoms with van der Waals surface area (Å²) in [5, 5.41) is 3.16. The van der Waals surface area contributed by atoms with Crippen LogP contribution in [0.5, 0.6) is 0 Å². The van der Waals surface area contributed by atoms with Crippen molar-refractivity contribution < 1.29 is 17.9 Å². The minimum atomic E-state index is -4.44. The number of nitrogens with one attached hydrogen (secondary N) is 1. The number of hydrogen-bond acceptors (Lipinski definition) is 4. The van der Waals surface area contributed by atoms with E-state index in [0.29, 0.717) is 25.5 Å². The molecular formula is C12H15ClF3N3O. The summed E-state index contributed by atoms with van der Waals surface area (Å²) >= 11 is 5.89. The second-order valence-corrected chi connectivity index (χ2v) is 5.01. The lowest BCUT2D eigenvalue weighted by atomic mass is 10.2. The van der Waals surface area contributed by atoms with Crippen LogP contribution >= 0.6 is 11.6 Å². The molecule has 8 heteroatoms. The number of pyridine rings is 1. The number of ether oxygens (including phenoxy) is 1.